The van der Waals surface area contributed by atoms with E-state index in [0.29, 0.717) is 17.3 Å². The normalized spacial score (nSPS) is 10.5. The summed E-state index contributed by atoms with van der Waals surface area (Å²) in [5.41, 5.74) is 1.72. The Morgan fingerprint density at radius 1 is 1.00 bits per heavy atom. The Labute approximate surface area is 152 Å². The summed E-state index contributed by atoms with van der Waals surface area (Å²) in [5.74, 6) is -0.465. The SMILES string of the molecule is O=C(Nc1ccc(Cc2cc(F)cc(Cl)c2)cn1)c1cnc(Cl)cn1. The van der Waals surface area contributed by atoms with E-state index < -0.39 is 5.91 Å². The predicted molar refractivity (Wildman–Crippen MR) is 93.4 cm³/mol. The van der Waals surface area contributed by atoms with Gasteiger partial charge in [0.25, 0.3) is 5.91 Å². The fraction of sp³-hybridized carbons (Fsp3) is 0.0588. The summed E-state index contributed by atoms with van der Waals surface area (Å²) in [4.78, 5) is 23.9. The molecule has 2 heterocycles. The molecule has 0 fully saturated rings. The van der Waals surface area contributed by atoms with Crippen LogP contribution in [0.4, 0.5) is 10.2 Å². The maximum atomic E-state index is 13.4. The van der Waals surface area contributed by atoms with Crippen molar-refractivity contribution in [3.63, 3.8) is 0 Å². The fourth-order valence-corrected chi connectivity index (χ4v) is 2.50. The minimum Gasteiger partial charge on any atom is -0.305 e. The lowest BCUT2D eigenvalue weighted by Crippen LogP contribution is -2.14. The van der Waals surface area contributed by atoms with Gasteiger partial charge in [0, 0.05) is 11.2 Å². The molecule has 0 saturated carbocycles. The van der Waals surface area contributed by atoms with Gasteiger partial charge in [0.2, 0.25) is 0 Å². The van der Waals surface area contributed by atoms with Gasteiger partial charge in [0.1, 0.15) is 22.5 Å². The van der Waals surface area contributed by atoms with E-state index >= 15 is 0 Å². The molecule has 0 aliphatic carbocycles. The van der Waals surface area contributed by atoms with Gasteiger partial charge in [-0.05, 0) is 41.8 Å². The molecule has 1 amide bonds. The third-order valence-electron chi connectivity index (χ3n) is 3.25. The van der Waals surface area contributed by atoms with Gasteiger partial charge in [0.05, 0.1) is 12.4 Å². The van der Waals surface area contributed by atoms with Crippen molar-refractivity contribution in [1.29, 1.82) is 0 Å². The molecule has 0 spiro atoms. The Kier molecular flexibility index (Phi) is 5.21. The number of carbonyl (C=O) groups is 1. The second kappa shape index (κ2) is 7.55. The van der Waals surface area contributed by atoms with Gasteiger partial charge < -0.3 is 5.32 Å². The van der Waals surface area contributed by atoms with Crippen molar-refractivity contribution >= 4 is 34.9 Å². The first-order valence-corrected chi connectivity index (χ1v) is 7.94. The fourth-order valence-electron chi connectivity index (χ4n) is 2.16. The number of nitrogens with zero attached hydrogens (tertiary/aromatic N) is 3. The van der Waals surface area contributed by atoms with Crippen molar-refractivity contribution in [3.05, 3.63) is 81.7 Å². The Bertz CT molecular complexity index is 881. The number of hydrogen-bond donors (Lipinski definition) is 1. The third-order valence-corrected chi connectivity index (χ3v) is 3.66. The van der Waals surface area contributed by atoms with Gasteiger partial charge in [-0.15, -0.1) is 0 Å². The molecular formula is C17H11Cl2FN4O. The molecule has 0 radical (unpaired) electrons. The second-order valence-corrected chi connectivity index (χ2v) is 6.01. The molecule has 25 heavy (non-hydrogen) atoms. The number of nitrogens with one attached hydrogen (secondary N) is 1. The molecule has 3 aromatic rings. The van der Waals surface area contributed by atoms with Crippen LogP contribution in [0, 0.1) is 5.82 Å². The van der Waals surface area contributed by atoms with Gasteiger partial charge in [-0.1, -0.05) is 29.3 Å². The number of pyridine rings is 1. The van der Waals surface area contributed by atoms with Gasteiger partial charge in [-0.25, -0.2) is 19.3 Å². The third kappa shape index (κ3) is 4.71. The summed E-state index contributed by atoms with van der Waals surface area (Å²) in [6.45, 7) is 0. The molecule has 0 unspecified atom stereocenters. The molecule has 2 aromatic heterocycles. The van der Waals surface area contributed by atoms with Crippen LogP contribution in [0.3, 0.4) is 0 Å². The standard InChI is InChI=1S/C17H11Cl2FN4O/c18-12-4-11(5-13(20)6-12)3-10-1-2-16(23-7-10)24-17(25)14-8-22-15(19)9-21-14/h1-2,4-9H,3H2,(H,23,24,25). The quantitative estimate of drug-likeness (QED) is 0.742. The van der Waals surface area contributed by atoms with Crippen LogP contribution in [0.5, 0.6) is 0 Å². The Morgan fingerprint density at radius 3 is 2.48 bits per heavy atom. The maximum Gasteiger partial charge on any atom is 0.277 e. The lowest BCUT2D eigenvalue weighted by Gasteiger charge is -2.06. The molecule has 0 bridgehead atoms. The summed E-state index contributed by atoms with van der Waals surface area (Å²) < 4.78 is 13.4. The van der Waals surface area contributed by atoms with Crippen LogP contribution in [0.15, 0.2) is 48.9 Å². The zero-order chi connectivity index (χ0) is 17.8. The molecule has 0 aliphatic rings. The first kappa shape index (κ1) is 17.3. The highest BCUT2D eigenvalue weighted by Crippen LogP contribution is 2.17. The highest BCUT2D eigenvalue weighted by atomic mass is 35.5. The Balaban J connectivity index is 1.67. The van der Waals surface area contributed by atoms with Crippen molar-refractivity contribution in [2.45, 2.75) is 6.42 Å². The molecule has 5 nitrogen and oxygen atoms in total. The minimum absolute atomic E-state index is 0.129. The van der Waals surface area contributed by atoms with E-state index in [2.05, 4.69) is 20.3 Å². The molecule has 1 N–H and O–H groups in total. The highest BCUT2D eigenvalue weighted by Gasteiger charge is 2.09. The van der Waals surface area contributed by atoms with Crippen LogP contribution in [-0.4, -0.2) is 20.9 Å². The van der Waals surface area contributed by atoms with Gasteiger partial charge in [0.15, 0.2) is 0 Å². The van der Waals surface area contributed by atoms with Crippen LogP contribution in [0.2, 0.25) is 10.2 Å². The summed E-state index contributed by atoms with van der Waals surface area (Å²) in [5, 5.41) is 3.16. The van der Waals surface area contributed by atoms with Crippen LogP contribution in [-0.2, 0) is 6.42 Å². The smallest absolute Gasteiger partial charge is 0.277 e. The van der Waals surface area contributed by atoms with Crippen molar-refractivity contribution in [2.24, 2.45) is 0 Å². The topological polar surface area (TPSA) is 67.8 Å². The van der Waals surface area contributed by atoms with E-state index in [-0.39, 0.29) is 16.7 Å². The lowest BCUT2D eigenvalue weighted by molar-refractivity contribution is 0.102. The first-order chi connectivity index (χ1) is 12.0. The highest BCUT2D eigenvalue weighted by molar-refractivity contribution is 6.30. The van der Waals surface area contributed by atoms with E-state index in [1.165, 1.54) is 24.5 Å². The van der Waals surface area contributed by atoms with Crippen molar-refractivity contribution in [3.8, 4) is 0 Å². The van der Waals surface area contributed by atoms with E-state index in [1.807, 2.05) is 0 Å². The van der Waals surface area contributed by atoms with Crippen LogP contribution >= 0.6 is 23.2 Å². The number of carbonyl (C=O) groups excluding carboxylic acids is 1. The van der Waals surface area contributed by atoms with E-state index in [4.69, 9.17) is 23.2 Å². The Hall–Kier alpha value is -2.57. The first-order valence-electron chi connectivity index (χ1n) is 7.18. The average Bonchev–Trinajstić information content (AvgIpc) is 2.56. The zero-order valence-electron chi connectivity index (χ0n) is 12.7. The van der Waals surface area contributed by atoms with Crippen LogP contribution in [0.25, 0.3) is 0 Å². The number of anilines is 1. The maximum absolute atomic E-state index is 13.4. The van der Waals surface area contributed by atoms with Crippen molar-refractivity contribution < 1.29 is 9.18 Å². The summed E-state index contributed by atoms with van der Waals surface area (Å²) >= 11 is 11.5. The number of aromatic nitrogens is 3. The predicted octanol–water partition coefficient (Wildman–Crippen LogP) is 4.16. The summed E-state index contributed by atoms with van der Waals surface area (Å²) in [6, 6.07) is 7.80. The molecule has 3 rings (SSSR count). The molecule has 126 valence electrons. The Morgan fingerprint density at radius 2 is 1.84 bits per heavy atom. The summed E-state index contributed by atoms with van der Waals surface area (Å²) in [6.07, 6.45) is 4.64. The molecule has 8 heteroatoms. The lowest BCUT2D eigenvalue weighted by atomic mass is 10.1. The zero-order valence-corrected chi connectivity index (χ0v) is 14.2. The van der Waals surface area contributed by atoms with Crippen LogP contribution in [0.1, 0.15) is 21.6 Å². The molecule has 0 aliphatic heterocycles. The van der Waals surface area contributed by atoms with E-state index in [9.17, 15) is 9.18 Å². The molecular weight excluding hydrogens is 366 g/mol. The monoisotopic (exact) mass is 376 g/mol. The molecule has 0 saturated heterocycles. The number of rotatable bonds is 4. The van der Waals surface area contributed by atoms with E-state index in [1.54, 1.807) is 24.4 Å². The van der Waals surface area contributed by atoms with Gasteiger partial charge >= 0.3 is 0 Å². The van der Waals surface area contributed by atoms with E-state index in [0.717, 1.165) is 11.1 Å². The number of benzene rings is 1. The van der Waals surface area contributed by atoms with Crippen LogP contribution < -0.4 is 5.32 Å². The number of amides is 1. The van der Waals surface area contributed by atoms with Gasteiger partial charge in [-0.3, -0.25) is 4.79 Å². The number of hydrogen-bond acceptors (Lipinski definition) is 4. The van der Waals surface area contributed by atoms with Gasteiger partial charge in [-0.2, -0.15) is 0 Å². The van der Waals surface area contributed by atoms with Crippen molar-refractivity contribution in [1.82, 2.24) is 15.0 Å². The largest absolute Gasteiger partial charge is 0.305 e. The second-order valence-electron chi connectivity index (χ2n) is 5.18. The minimum atomic E-state index is -0.443. The molecule has 0 atom stereocenters. The summed E-state index contributed by atoms with van der Waals surface area (Å²) in [7, 11) is 0. The van der Waals surface area contributed by atoms with Crippen molar-refractivity contribution in [2.75, 3.05) is 5.32 Å². The number of halogens is 3. The average molecular weight is 377 g/mol. The molecule has 1 aromatic carbocycles.